The molecular formula is C23H24O5S2. The van der Waals surface area contributed by atoms with Gasteiger partial charge in [0.1, 0.15) is 12.2 Å². The van der Waals surface area contributed by atoms with E-state index in [4.69, 9.17) is 11.2 Å². The first kappa shape index (κ1) is 21.7. The molecular weight excluding hydrogens is 420 g/mol. The van der Waals surface area contributed by atoms with E-state index in [1.807, 2.05) is 18.4 Å². The fourth-order valence-electron chi connectivity index (χ4n) is 4.12. The molecule has 0 amide bonds. The molecule has 5 nitrogen and oxygen atoms in total. The van der Waals surface area contributed by atoms with Gasteiger partial charge < -0.3 is 25.2 Å². The van der Waals surface area contributed by atoms with E-state index in [-0.39, 0.29) is 13.2 Å². The fourth-order valence-corrected chi connectivity index (χ4v) is 6.08. The summed E-state index contributed by atoms with van der Waals surface area (Å²) in [6.45, 7) is -0.106. The van der Waals surface area contributed by atoms with Crippen molar-refractivity contribution in [2.24, 2.45) is 0 Å². The third-order valence-electron chi connectivity index (χ3n) is 5.81. The highest BCUT2D eigenvalue weighted by molar-refractivity contribution is 8.00. The predicted molar refractivity (Wildman–Crippen MR) is 118 cm³/mol. The molecule has 1 spiro atoms. The first-order chi connectivity index (χ1) is 14.4. The molecule has 30 heavy (non-hydrogen) atoms. The molecule has 2 aromatic rings. The normalized spacial score (nSPS) is 30.3. The van der Waals surface area contributed by atoms with Crippen molar-refractivity contribution in [2.45, 2.75) is 46.4 Å². The number of hydrogen-bond donors (Lipinski definition) is 4. The molecule has 0 bridgehead atoms. The first-order valence-corrected chi connectivity index (χ1v) is 11.8. The predicted octanol–water partition coefficient (Wildman–Crippen LogP) is 1.85. The van der Waals surface area contributed by atoms with Crippen molar-refractivity contribution in [3.8, 4) is 12.3 Å². The van der Waals surface area contributed by atoms with Gasteiger partial charge in [-0.2, -0.15) is 0 Å². The van der Waals surface area contributed by atoms with E-state index >= 15 is 0 Å². The summed E-state index contributed by atoms with van der Waals surface area (Å²) in [5.74, 6) is 2.75. The number of rotatable bonds is 4. The van der Waals surface area contributed by atoms with Crippen LogP contribution < -0.4 is 0 Å². The van der Waals surface area contributed by atoms with Gasteiger partial charge in [-0.1, -0.05) is 18.1 Å². The minimum Gasteiger partial charge on any atom is -0.395 e. The average Bonchev–Trinajstić information content (AvgIpc) is 3.13. The lowest BCUT2D eigenvalue weighted by Crippen LogP contribution is -2.58. The molecule has 4 rings (SSSR count). The minimum atomic E-state index is -1.43. The summed E-state index contributed by atoms with van der Waals surface area (Å²) in [5, 5.41) is 40.5. The van der Waals surface area contributed by atoms with Gasteiger partial charge in [0.25, 0.3) is 0 Å². The summed E-state index contributed by atoms with van der Waals surface area (Å²) in [4.78, 5) is -0.0760. The number of aliphatic hydroxyl groups is 4. The van der Waals surface area contributed by atoms with E-state index in [2.05, 4.69) is 30.2 Å². The van der Waals surface area contributed by atoms with E-state index in [9.17, 15) is 20.4 Å². The summed E-state index contributed by atoms with van der Waals surface area (Å²) >= 11 is 2.83. The van der Waals surface area contributed by atoms with Crippen LogP contribution >= 0.6 is 23.5 Å². The second kappa shape index (κ2) is 8.56. The standard InChI is InChI=1S/C23H24O5S2/c1-3-14-9-16-12-28-23(22(27)21(26)20(25)19(11-24)30-23)18(16)10-15(14)8-13-4-6-17(29-2)7-5-13/h1,4-7,9-10,19-22,24-27H,8,11-12H2,2H3/t19-,20-,21+,22-,23+/m1/s1. The van der Waals surface area contributed by atoms with Gasteiger partial charge in [0, 0.05) is 16.0 Å². The molecule has 2 aliphatic rings. The number of ether oxygens (including phenoxy) is 1. The average molecular weight is 445 g/mol. The molecule has 1 saturated heterocycles. The Morgan fingerprint density at radius 1 is 1.20 bits per heavy atom. The topological polar surface area (TPSA) is 90.2 Å². The van der Waals surface area contributed by atoms with E-state index in [0.717, 1.165) is 39.6 Å². The number of hydrogen-bond acceptors (Lipinski definition) is 7. The monoisotopic (exact) mass is 444 g/mol. The Bertz CT molecular complexity index is 969. The van der Waals surface area contributed by atoms with Crippen LogP contribution in [0.25, 0.3) is 0 Å². The molecule has 0 radical (unpaired) electrons. The maximum Gasteiger partial charge on any atom is 0.168 e. The summed E-state index contributed by atoms with van der Waals surface area (Å²) in [6, 6.07) is 12.1. The van der Waals surface area contributed by atoms with E-state index in [1.54, 1.807) is 11.8 Å². The van der Waals surface area contributed by atoms with E-state index in [1.165, 1.54) is 4.90 Å². The van der Waals surface area contributed by atoms with Gasteiger partial charge in [0.05, 0.1) is 24.6 Å². The van der Waals surface area contributed by atoms with Crippen LogP contribution in [0.3, 0.4) is 0 Å². The maximum atomic E-state index is 10.8. The van der Waals surface area contributed by atoms with Crippen LogP contribution in [0, 0.1) is 12.3 Å². The van der Waals surface area contributed by atoms with E-state index in [0.29, 0.717) is 6.42 Å². The van der Waals surface area contributed by atoms with Crippen LogP contribution in [-0.2, 0) is 22.7 Å². The third-order valence-corrected chi connectivity index (χ3v) is 8.21. The van der Waals surface area contributed by atoms with Crippen molar-refractivity contribution >= 4 is 23.5 Å². The van der Waals surface area contributed by atoms with Crippen LogP contribution in [0.5, 0.6) is 0 Å². The Balaban J connectivity index is 1.75. The fraction of sp³-hybridized carbons (Fsp3) is 0.391. The lowest BCUT2D eigenvalue weighted by atomic mass is 9.89. The quantitative estimate of drug-likeness (QED) is 0.423. The molecule has 0 unspecified atom stereocenters. The van der Waals surface area contributed by atoms with Crippen molar-refractivity contribution in [1.29, 1.82) is 0 Å². The van der Waals surface area contributed by atoms with Crippen LogP contribution in [0.1, 0.15) is 27.8 Å². The number of thioether (sulfide) groups is 2. The second-order valence-corrected chi connectivity index (χ2v) is 9.88. The highest BCUT2D eigenvalue weighted by Crippen LogP contribution is 2.54. The third kappa shape index (κ3) is 3.57. The molecule has 7 heteroatoms. The molecule has 2 aliphatic heterocycles. The zero-order valence-corrected chi connectivity index (χ0v) is 18.1. The van der Waals surface area contributed by atoms with Gasteiger partial charge in [-0.05, 0) is 53.6 Å². The summed E-state index contributed by atoms with van der Waals surface area (Å²) in [6.07, 6.45) is 4.41. The molecule has 2 aromatic carbocycles. The lowest BCUT2D eigenvalue weighted by molar-refractivity contribution is -0.147. The number of benzene rings is 2. The number of aliphatic hydroxyl groups excluding tert-OH is 4. The second-order valence-electron chi connectivity index (χ2n) is 7.56. The summed E-state index contributed by atoms with van der Waals surface area (Å²) < 4.78 is 6.01. The highest BCUT2D eigenvalue weighted by Gasteiger charge is 2.57. The first-order valence-electron chi connectivity index (χ1n) is 9.66. The van der Waals surface area contributed by atoms with Gasteiger partial charge in [0.2, 0.25) is 0 Å². The Morgan fingerprint density at radius 3 is 2.57 bits per heavy atom. The van der Waals surface area contributed by atoms with Crippen molar-refractivity contribution in [2.75, 3.05) is 12.9 Å². The van der Waals surface area contributed by atoms with Gasteiger partial charge in [0.15, 0.2) is 4.93 Å². The smallest absolute Gasteiger partial charge is 0.168 e. The van der Waals surface area contributed by atoms with Crippen LogP contribution in [0.15, 0.2) is 41.3 Å². The molecule has 2 heterocycles. The maximum absolute atomic E-state index is 10.8. The molecule has 0 aromatic heterocycles. The lowest BCUT2D eigenvalue weighted by Gasteiger charge is -2.45. The molecule has 5 atom stereocenters. The zero-order chi connectivity index (χ0) is 21.5. The minimum absolute atomic E-state index is 0.234. The van der Waals surface area contributed by atoms with Crippen LogP contribution in [-0.4, -0.2) is 56.9 Å². The van der Waals surface area contributed by atoms with Gasteiger partial charge in [-0.15, -0.1) is 29.9 Å². The van der Waals surface area contributed by atoms with Crippen molar-refractivity contribution in [3.05, 3.63) is 64.2 Å². The van der Waals surface area contributed by atoms with Gasteiger partial charge in [-0.3, -0.25) is 0 Å². The van der Waals surface area contributed by atoms with Crippen molar-refractivity contribution in [3.63, 3.8) is 0 Å². The molecule has 0 aliphatic carbocycles. The Labute approximate surface area is 184 Å². The Morgan fingerprint density at radius 2 is 1.93 bits per heavy atom. The molecule has 1 fully saturated rings. The SMILES string of the molecule is C#Cc1cc2c(cc1Cc1ccc(SC)cc1)[C@]1(OC2)S[C@H](CO)[C@@H](O)[C@H](O)[C@H]1O. The molecule has 4 N–H and O–H groups in total. The van der Waals surface area contributed by atoms with Crippen molar-refractivity contribution in [1.82, 2.24) is 0 Å². The number of fused-ring (bicyclic) bond motifs is 2. The van der Waals surface area contributed by atoms with Crippen LogP contribution in [0.4, 0.5) is 0 Å². The highest BCUT2D eigenvalue weighted by atomic mass is 32.2. The largest absolute Gasteiger partial charge is 0.395 e. The summed E-state index contributed by atoms with van der Waals surface area (Å²) in [7, 11) is 0. The molecule has 0 saturated carbocycles. The van der Waals surface area contributed by atoms with Crippen molar-refractivity contribution < 1.29 is 25.2 Å². The van der Waals surface area contributed by atoms with Crippen LogP contribution in [0.2, 0.25) is 0 Å². The summed E-state index contributed by atoms with van der Waals surface area (Å²) in [5.41, 5.74) is 4.37. The Hall–Kier alpha value is -1.50. The van der Waals surface area contributed by atoms with E-state index < -0.39 is 28.5 Å². The molecule has 158 valence electrons. The number of terminal acetylenes is 1. The van der Waals surface area contributed by atoms with Gasteiger partial charge in [-0.25, -0.2) is 0 Å². The zero-order valence-electron chi connectivity index (χ0n) is 16.5. The Kier molecular flexibility index (Phi) is 6.20. The van der Waals surface area contributed by atoms with Gasteiger partial charge >= 0.3 is 0 Å².